The highest BCUT2D eigenvalue weighted by molar-refractivity contribution is 7.20. The summed E-state index contributed by atoms with van der Waals surface area (Å²) >= 11 is 1.26. The monoisotopic (exact) mass is 418 g/mol. The molecular weight excluding hydrogens is 398 g/mol. The summed E-state index contributed by atoms with van der Waals surface area (Å²) < 4.78 is 32.4. The molecule has 0 bridgehead atoms. The summed E-state index contributed by atoms with van der Waals surface area (Å²) in [4.78, 5) is 22.5. The van der Waals surface area contributed by atoms with Gasteiger partial charge in [0.15, 0.2) is 0 Å². The Morgan fingerprint density at radius 1 is 1.34 bits per heavy atom. The molecule has 1 fully saturated rings. The Hall–Kier alpha value is -2.65. The number of carbonyl (C=O) groups is 1. The van der Waals surface area contributed by atoms with Crippen LogP contribution < -0.4 is 10.6 Å². The van der Waals surface area contributed by atoms with Crippen molar-refractivity contribution in [2.45, 2.75) is 32.4 Å². The second-order valence-electron chi connectivity index (χ2n) is 6.89. The van der Waals surface area contributed by atoms with Crippen LogP contribution in [0, 0.1) is 18.6 Å². The fourth-order valence-electron chi connectivity index (χ4n) is 3.36. The molecule has 1 atom stereocenters. The SMILES string of the molecule is Cc1c(C(=O)NCc2ccc(F)cc2F)sc2ncnc(NCC3CCCO3)c12. The summed E-state index contributed by atoms with van der Waals surface area (Å²) in [7, 11) is 0. The molecule has 0 radical (unpaired) electrons. The molecule has 1 amide bonds. The molecule has 1 aliphatic heterocycles. The van der Waals surface area contributed by atoms with Crippen LogP contribution in [0.5, 0.6) is 0 Å². The molecule has 1 aromatic carbocycles. The number of ether oxygens (including phenoxy) is 1. The Labute approximate surface area is 170 Å². The molecule has 29 heavy (non-hydrogen) atoms. The summed E-state index contributed by atoms with van der Waals surface area (Å²) in [5.41, 5.74) is 0.981. The molecule has 4 rings (SSSR count). The minimum absolute atomic E-state index is 0.0333. The summed E-state index contributed by atoms with van der Waals surface area (Å²) in [5.74, 6) is -1.01. The number of anilines is 1. The molecule has 2 aromatic heterocycles. The predicted molar refractivity (Wildman–Crippen MR) is 107 cm³/mol. The van der Waals surface area contributed by atoms with Crippen LogP contribution in [-0.4, -0.2) is 35.1 Å². The summed E-state index contributed by atoms with van der Waals surface area (Å²) in [6.07, 6.45) is 3.69. The van der Waals surface area contributed by atoms with Crippen LogP contribution >= 0.6 is 11.3 Å². The van der Waals surface area contributed by atoms with Gasteiger partial charge in [0.05, 0.1) is 16.4 Å². The minimum Gasteiger partial charge on any atom is -0.376 e. The Morgan fingerprint density at radius 3 is 2.97 bits per heavy atom. The summed E-state index contributed by atoms with van der Waals surface area (Å²) in [6, 6.07) is 3.28. The first-order chi connectivity index (χ1) is 14.0. The third kappa shape index (κ3) is 4.20. The Kier molecular flexibility index (Phi) is 5.68. The van der Waals surface area contributed by atoms with Crippen molar-refractivity contribution in [2.24, 2.45) is 0 Å². The minimum atomic E-state index is -0.690. The van der Waals surface area contributed by atoms with E-state index in [0.717, 1.165) is 42.5 Å². The Balaban J connectivity index is 1.51. The van der Waals surface area contributed by atoms with E-state index in [4.69, 9.17) is 4.74 Å². The maximum Gasteiger partial charge on any atom is 0.261 e. The zero-order valence-electron chi connectivity index (χ0n) is 15.8. The van der Waals surface area contributed by atoms with Crippen LogP contribution in [0.2, 0.25) is 0 Å². The maximum absolute atomic E-state index is 13.8. The van der Waals surface area contributed by atoms with Crippen molar-refractivity contribution in [3.8, 4) is 0 Å². The number of aryl methyl sites for hydroxylation is 1. The van der Waals surface area contributed by atoms with Gasteiger partial charge in [-0.25, -0.2) is 18.7 Å². The number of nitrogens with zero attached hydrogens (tertiary/aromatic N) is 2. The average molecular weight is 418 g/mol. The molecule has 1 unspecified atom stereocenters. The molecule has 0 saturated carbocycles. The van der Waals surface area contributed by atoms with E-state index in [9.17, 15) is 13.6 Å². The van der Waals surface area contributed by atoms with Gasteiger partial charge in [-0.1, -0.05) is 6.07 Å². The van der Waals surface area contributed by atoms with Crippen molar-refractivity contribution in [3.63, 3.8) is 0 Å². The largest absolute Gasteiger partial charge is 0.376 e. The van der Waals surface area contributed by atoms with Crippen molar-refractivity contribution in [2.75, 3.05) is 18.5 Å². The molecule has 0 spiro atoms. The lowest BCUT2D eigenvalue weighted by atomic mass is 10.1. The molecule has 3 heterocycles. The second-order valence-corrected chi connectivity index (χ2v) is 7.89. The molecular formula is C20H20F2N4O2S. The molecule has 0 aliphatic carbocycles. The highest BCUT2D eigenvalue weighted by atomic mass is 32.1. The average Bonchev–Trinajstić information content (AvgIpc) is 3.34. The molecule has 1 saturated heterocycles. The number of rotatable bonds is 6. The number of nitrogens with one attached hydrogen (secondary N) is 2. The Bertz CT molecular complexity index is 1050. The predicted octanol–water partition coefficient (Wildman–Crippen LogP) is 3.80. The normalized spacial score (nSPS) is 16.3. The van der Waals surface area contributed by atoms with Gasteiger partial charge in [0, 0.05) is 31.3 Å². The standard InChI is InChI=1S/C20H20F2N4O2S/c1-11-16-18(23-9-14-3-2-6-28-14)25-10-26-20(16)29-17(11)19(27)24-8-12-4-5-13(21)7-15(12)22/h4-5,7,10,14H,2-3,6,8-9H2,1H3,(H,24,27)(H,23,25,26). The quantitative estimate of drug-likeness (QED) is 0.637. The number of amides is 1. The highest BCUT2D eigenvalue weighted by Gasteiger charge is 2.21. The first kappa shape index (κ1) is 19.7. The smallest absolute Gasteiger partial charge is 0.261 e. The fraction of sp³-hybridized carbons (Fsp3) is 0.350. The van der Waals surface area contributed by atoms with Gasteiger partial charge >= 0.3 is 0 Å². The van der Waals surface area contributed by atoms with E-state index in [1.165, 1.54) is 23.7 Å². The Morgan fingerprint density at radius 2 is 2.21 bits per heavy atom. The van der Waals surface area contributed by atoms with Crippen LogP contribution in [0.4, 0.5) is 14.6 Å². The third-order valence-electron chi connectivity index (χ3n) is 4.91. The van der Waals surface area contributed by atoms with Crippen LogP contribution in [0.15, 0.2) is 24.5 Å². The fourth-order valence-corrected chi connectivity index (χ4v) is 4.42. The molecule has 3 aromatic rings. The van der Waals surface area contributed by atoms with Gasteiger partial charge in [0.2, 0.25) is 0 Å². The van der Waals surface area contributed by atoms with Gasteiger partial charge in [-0.3, -0.25) is 4.79 Å². The molecule has 152 valence electrons. The van der Waals surface area contributed by atoms with Gasteiger partial charge in [-0.05, 0) is 31.4 Å². The van der Waals surface area contributed by atoms with Crippen molar-refractivity contribution in [1.82, 2.24) is 15.3 Å². The lowest BCUT2D eigenvalue weighted by Crippen LogP contribution is -2.23. The van der Waals surface area contributed by atoms with Gasteiger partial charge in [0.25, 0.3) is 5.91 Å². The van der Waals surface area contributed by atoms with Crippen LogP contribution in [-0.2, 0) is 11.3 Å². The number of halogens is 2. The number of carbonyl (C=O) groups excluding carboxylic acids is 1. The van der Waals surface area contributed by atoms with E-state index in [-0.39, 0.29) is 24.1 Å². The first-order valence-corrected chi connectivity index (χ1v) is 10.2. The maximum atomic E-state index is 13.8. The lowest BCUT2D eigenvalue weighted by molar-refractivity contribution is 0.0954. The summed E-state index contributed by atoms with van der Waals surface area (Å²) in [5, 5.41) is 6.80. The number of benzene rings is 1. The van der Waals surface area contributed by atoms with Crippen molar-refractivity contribution >= 4 is 33.3 Å². The highest BCUT2D eigenvalue weighted by Crippen LogP contribution is 2.33. The zero-order valence-corrected chi connectivity index (χ0v) is 16.6. The van der Waals surface area contributed by atoms with Crippen LogP contribution in [0.25, 0.3) is 10.2 Å². The van der Waals surface area contributed by atoms with E-state index >= 15 is 0 Å². The van der Waals surface area contributed by atoms with Crippen LogP contribution in [0.3, 0.4) is 0 Å². The van der Waals surface area contributed by atoms with Gasteiger partial charge in [0.1, 0.15) is 28.6 Å². The van der Waals surface area contributed by atoms with Crippen LogP contribution in [0.1, 0.15) is 33.6 Å². The molecule has 1 aliphatic rings. The van der Waals surface area contributed by atoms with Crippen molar-refractivity contribution in [1.29, 1.82) is 0 Å². The molecule has 9 heteroatoms. The van der Waals surface area contributed by atoms with E-state index in [1.54, 1.807) is 0 Å². The lowest BCUT2D eigenvalue weighted by Gasteiger charge is -2.12. The van der Waals surface area contributed by atoms with E-state index in [0.29, 0.717) is 22.1 Å². The summed E-state index contributed by atoms with van der Waals surface area (Å²) in [6.45, 7) is 3.23. The molecule has 6 nitrogen and oxygen atoms in total. The van der Waals surface area contributed by atoms with Gasteiger partial charge in [-0.2, -0.15) is 0 Å². The molecule has 2 N–H and O–H groups in total. The van der Waals surface area contributed by atoms with Gasteiger partial charge in [-0.15, -0.1) is 11.3 Å². The number of fused-ring (bicyclic) bond motifs is 1. The van der Waals surface area contributed by atoms with E-state index < -0.39 is 11.6 Å². The number of hydrogen-bond acceptors (Lipinski definition) is 6. The second kappa shape index (κ2) is 8.38. The van der Waals surface area contributed by atoms with E-state index in [2.05, 4.69) is 20.6 Å². The topological polar surface area (TPSA) is 76.1 Å². The third-order valence-corrected chi connectivity index (χ3v) is 6.11. The zero-order chi connectivity index (χ0) is 20.4. The van der Waals surface area contributed by atoms with Crippen molar-refractivity contribution < 1.29 is 18.3 Å². The first-order valence-electron chi connectivity index (χ1n) is 9.34. The van der Waals surface area contributed by atoms with Gasteiger partial charge < -0.3 is 15.4 Å². The van der Waals surface area contributed by atoms with Crippen molar-refractivity contribution in [3.05, 3.63) is 52.2 Å². The number of thiophene rings is 1. The van der Waals surface area contributed by atoms with E-state index in [1.807, 2.05) is 6.92 Å². The number of aromatic nitrogens is 2. The number of hydrogen-bond donors (Lipinski definition) is 2.